The average Bonchev–Trinajstić information content (AvgIpc) is 3.65. The Kier molecular flexibility index (Phi) is 6.47. The number of benzene rings is 2. The molecule has 2 aromatic carbocycles. The Hall–Kier alpha value is -5.10. The second-order valence-electron chi connectivity index (χ2n) is 10.3. The minimum absolute atomic E-state index is 0.0435. The monoisotopic (exact) mass is 618 g/mol. The third-order valence-corrected chi connectivity index (χ3v) is 9.18. The summed E-state index contributed by atoms with van der Waals surface area (Å²) >= 11 is 1.26. The number of urea groups is 1. The van der Waals surface area contributed by atoms with Gasteiger partial charge in [-0.2, -0.15) is 18.4 Å². The molecule has 2 atom stereocenters. The van der Waals surface area contributed by atoms with Crippen LogP contribution in [-0.2, 0) is 24.1 Å². The van der Waals surface area contributed by atoms with Crippen molar-refractivity contribution in [2.24, 2.45) is 0 Å². The van der Waals surface area contributed by atoms with Crippen LogP contribution in [0.3, 0.4) is 0 Å². The number of amides is 3. The zero-order valence-electron chi connectivity index (χ0n) is 22.9. The molecule has 4 aromatic rings. The normalized spacial score (nSPS) is 19.8. The summed E-state index contributed by atoms with van der Waals surface area (Å²) in [5.41, 5.74) is 1.97. The van der Waals surface area contributed by atoms with Crippen LogP contribution in [0, 0.1) is 11.3 Å². The van der Waals surface area contributed by atoms with Gasteiger partial charge in [0.2, 0.25) is 5.82 Å². The lowest BCUT2D eigenvalue weighted by atomic mass is 10.0. The number of halogens is 3. The van der Waals surface area contributed by atoms with Crippen molar-refractivity contribution < 1.29 is 27.5 Å². The number of carbonyl (C=O) groups excluding carboxylic acids is 2. The molecule has 2 aromatic heterocycles. The molecule has 0 aliphatic carbocycles. The summed E-state index contributed by atoms with van der Waals surface area (Å²) in [5.74, 6) is -0.723. The van der Waals surface area contributed by atoms with Gasteiger partial charge < -0.3 is 19.5 Å². The summed E-state index contributed by atoms with van der Waals surface area (Å²) in [5, 5.41) is 20.2. The van der Waals surface area contributed by atoms with Gasteiger partial charge in [-0.15, -0.1) is 22.0 Å². The number of anilines is 2. The van der Waals surface area contributed by atoms with E-state index in [4.69, 9.17) is 4.74 Å². The number of hydrogen-bond donors (Lipinski definition) is 1. The van der Waals surface area contributed by atoms with Crippen LogP contribution in [0.2, 0.25) is 0 Å². The number of nitriles is 1. The highest BCUT2D eigenvalue weighted by Crippen LogP contribution is 2.45. The van der Waals surface area contributed by atoms with E-state index in [0.717, 1.165) is 9.47 Å². The highest BCUT2D eigenvalue weighted by molar-refractivity contribution is 8.09. The van der Waals surface area contributed by atoms with Gasteiger partial charge in [-0.3, -0.25) is 9.78 Å². The van der Waals surface area contributed by atoms with Crippen molar-refractivity contribution in [2.45, 2.75) is 30.6 Å². The van der Waals surface area contributed by atoms with Crippen LogP contribution in [0.15, 0.2) is 54.9 Å². The van der Waals surface area contributed by atoms with Gasteiger partial charge in [0.25, 0.3) is 5.91 Å². The van der Waals surface area contributed by atoms with Gasteiger partial charge in [0.15, 0.2) is 5.82 Å². The molecule has 0 saturated carbocycles. The van der Waals surface area contributed by atoms with E-state index in [1.165, 1.54) is 25.1 Å². The molecule has 1 saturated heterocycles. The van der Waals surface area contributed by atoms with Crippen LogP contribution in [0.5, 0.6) is 5.75 Å². The van der Waals surface area contributed by atoms with Crippen molar-refractivity contribution in [3.8, 4) is 11.8 Å². The maximum atomic E-state index is 13.9. The van der Waals surface area contributed by atoms with Crippen LogP contribution in [0.1, 0.15) is 22.8 Å². The lowest BCUT2D eigenvalue weighted by molar-refractivity contribution is -0.147. The van der Waals surface area contributed by atoms with Crippen LogP contribution in [0.25, 0.3) is 15.7 Å². The Morgan fingerprint density at radius 3 is 2.73 bits per heavy atom. The summed E-state index contributed by atoms with van der Waals surface area (Å²) in [6.07, 6.45) is 0.224. The first-order chi connectivity index (χ1) is 21.2. The Bertz CT molecular complexity index is 1940. The summed E-state index contributed by atoms with van der Waals surface area (Å²) in [6.45, 7) is 0.413. The SMILES string of the molecule is COc1ccc(C#N)c(C2=CC3NC(=O)N(c4cncc5ccc(N6CCn7c(nnc7C(F)(F)F)C6)cc45)C(=O)C3S2)c1. The van der Waals surface area contributed by atoms with E-state index in [2.05, 4.69) is 26.6 Å². The molecule has 3 aliphatic rings. The quantitative estimate of drug-likeness (QED) is 0.355. The van der Waals surface area contributed by atoms with Gasteiger partial charge in [0, 0.05) is 46.2 Å². The third kappa shape index (κ3) is 4.49. The second-order valence-corrected chi connectivity index (χ2v) is 11.5. The van der Waals surface area contributed by atoms with Gasteiger partial charge in [0.1, 0.15) is 11.0 Å². The van der Waals surface area contributed by atoms with Crippen molar-refractivity contribution in [3.05, 3.63) is 77.6 Å². The fourth-order valence-corrected chi connectivity index (χ4v) is 6.98. The number of aromatic nitrogens is 4. The van der Waals surface area contributed by atoms with Crippen molar-refractivity contribution >= 4 is 50.8 Å². The van der Waals surface area contributed by atoms with E-state index in [9.17, 15) is 28.0 Å². The van der Waals surface area contributed by atoms with Gasteiger partial charge in [-0.05, 0) is 36.4 Å². The molecule has 5 heterocycles. The topological polar surface area (TPSA) is 129 Å². The summed E-state index contributed by atoms with van der Waals surface area (Å²) < 4.78 is 46.3. The molecular weight excluding hydrogens is 597 g/mol. The number of alkyl halides is 3. The molecule has 11 nitrogen and oxygen atoms in total. The van der Waals surface area contributed by atoms with Gasteiger partial charge in [-0.1, -0.05) is 6.07 Å². The van der Waals surface area contributed by atoms with E-state index in [0.29, 0.717) is 38.2 Å². The fraction of sp³-hybridized carbons (Fsp3) is 0.241. The standard InChI is InChI=1S/C29H21F3N8O3S/c1-43-18-5-3-15(11-33)20(9-18)23-10-21-25(44-23)26(41)40(28(42)35-21)22-13-34-12-16-2-4-17(8-19(16)22)38-6-7-39-24(14-38)36-37-27(39)29(30,31)32/h2-5,8-10,12-13,21,25H,6-7,14H2,1H3,(H,35,42). The molecule has 2 unspecified atom stereocenters. The molecule has 3 aliphatic heterocycles. The number of ether oxygens (including phenoxy) is 1. The lowest BCUT2D eigenvalue weighted by Crippen LogP contribution is -2.60. The van der Waals surface area contributed by atoms with Crippen LogP contribution in [0.4, 0.5) is 29.3 Å². The number of carbonyl (C=O) groups is 2. The number of methoxy groups -OCH3 is 1. The van der Waals surface area contributed by atoms with E-state index >= 15 is 0 Å². The molecule has 44 heavy (non-hydrogen) atoms. The Labute approximate surface area is 251 Å². The number of imide groups is 1. The number of fused-ring (bicyclic) bond motifs is 3. The van der Waals surface area contributed by atoms with Crippen LogP contribution >= 0.6 is 11.8 Å². The van der Waals surface area contributed by atoms with E-state index in [-0.39, 0.29) is 31.1 Å². The van der Waals surface area contributed by atoms with Crippen LogP contribution < -0.4 is 19.9 Å². The Morgan fingerprint density at radius 1 is 1.11 bits per heavy atom. The zero-order chi connectivity index (χ0) is 30.7. The first-order valence-corrected chi connectivity index (χ1v) is 14.3. The first-order valence-electron chi connectivity index (χ1n) is 13.4. The molecule has 0 spiro atoms. The predicted octanol–water partition coefficient (Wildman–Crippen LogP) is 4.33. The number of pyridine rings is 1. The third-order valence-electron chi connectivity index (χ3n) is 7.82. The molecule has 3 amide bonds. The molecule has 0 radical (unpaired) electrons. The number of rotatable bonds is 4. The van der Waals surface area contributed by atoms with E-state index in [1.807, 2.05) is 11.0 Å². The summed E-state index contributed by atoms with van der Waals surface area (Å²) in [7, 11) is 1.52. The van der Waals surface area contributed by atoms with Crippen molar-refractivity contribution in [1.29, 1.82) is 5.26 Å². The zero-order valence-corrected chi connectivity index (χ0v) is 23.7. The number of nitrogens with one attached hydrogen (secondary N) is 1. The largest absolute Gasteiger partial charge is 0.497 e. The van der Waals surface area contributed by atoms with E-state index in [1.54, 1.807) is 42.6 Å². The van der Waals surface area contributed by atoms with Crippen molar-refractivity contribution in [3.63, 3.8) is 0 Å². The van der Waals surface area contributed by atoms with Crippen molar-refractivity contribution in [1.82, 2.24) is 25.1 Å². The second kappa shape index (κ2) is 10.3. The first kappa shape index (κ1) is 27.7. The van der Waals surface area contributed by atoms with Crippen molar-refractivity contribution in [2.75, 3.05) is 23.5 Å². The van der Waals surface area contributed by atoms with Gasteiger partial charge >= 0.3 is 12.2 Å². The van der Waals surface area contributed by atoms with E-state index < -0.39 is 35.2 Å². The molecule has 0 bridgehead atoms. The summed E-state index contributed by atoms with van der Waals surface area (Å²) in [6, 6.07) is 11.4. The highest BCUT2D eigenvalue weighted by Gasteiger charge is 2.46. The fourth-order valence-electron chi connectivity index (χ4n) is 5.69. The lowest BCUT2D eigenvalue weighted by Gasteiger charge is -2.34. The minimum atomic E-state index is -4.60. The molecule has 1 N–H and O–H groups in total. The Morgan fingerprint density at radius 2 is 1.95 bits per heavy atom. The minimum Gasteiger partial charge on any atom is -0.497 e. The maximum Gasteiger partial charge on any atom is 0.451 e. The maximum absolute atomic E-state index is 13.9. The number of nitrogens with zero attached hydrogens (tertiary/aromatic N) is 7. The van der Waals surface area contributed by atoms with Crippen LogP contribution in [-0.4, -0.2) is 56.6 Å². The smallest absolute Gasteiger partial charge is 0.451 e. The summed E-state index contributed by atoms with van der Waals surface area (Å²) in [4.78, 5) is 35.2. The highest BCUT2D eigenvalue weighted by atomic mass is 32.2. The average molecular weight is 619 g/mol. The molecular formula is C29H21F3N8O3S. The molecule has 7 rings (SSSR count). The predicted molar refractivity (Wildman–Crippen MR) is 155 cm³/mol. The number of hydrogen-bond acceptors (Lipinski definition) is 9. The number of thioether (sulfide) groups is 1. The Balaban J connectivity index is 1.19. The molecule has 222 valence electrons. The van der Waals surface area contributed by atoms with Gasteiger partial charge in [0.05, 0.1) is 43.2 Å². The molecule has 15 heteroatoms. The molecule has 1 fully saturated rings. The van der Waals surface area contributed by atoms with Gasteiger partial charge in [-0.25, -0.2) is 9.69 Å².